The predicted molar refractivity (Wildman–Crippen MR) is 97.7 cm³/mol. The van der Waals surface area contributed by atoms with Crippen LogP contribution in [0.3, 0.4) is 0 Å². The van der Waals surface area contributed by atoms with Crippen LogP contribution in [0.4, 0.5) is 0 Å². The predicted octanol–water partition coefficient (Wildman–Crippen LogP) is 2.87. The minimum Gasteiger partial charge on any atom is -0.460 e. The quantitative estimate of drug-likeness (QED) is 0.841. The molecule has 0 aromatic carbocycles. The highest BCUT2D eigenvalue weighted by atomic mass is 32.1. The van der Waals surface area contributed by atoms with Gasteiger partial charge < -0.3 is 14.1 Å². The first kappa shape index (κ1) is 16.8. The Balaban J connectivity index is 1.31. The van der Waals surface area contributed by atoms with Gasteiger partial charge in [-0.25, -0.2) is 0 Å². The van der Waals surface area contributed by atoms with Gasteiger partial charge in [-0.1, -0.05) is 6.07 Å². The Morgan fingerprint density at radius 2 is 2.20 bits per heavy atom. The van der Waals surface area contributed by atoms with E-state index >= 15 is 0 Å². The number of hydrogen-bond donors (Lipinski definition) is 0. The van der Waals surface area contributed by atoms with E-state index in [0.29, 0.717) is 24.9 Å². The van der Waals surface area contributed by atoms with Gasteiger partial charge in [-0.3, -0.25) is 9.69 Å². The number of piperazine rings is 1. The number of amides is 1. The van der Waals surface area contributed by atoms with Crippen LogP contribution in [0.5, 0.6) is 0 Å². The summed E-state index contributed by atoms with van der Waals surface area (Å²) in [6.07, 6.45) is 1.16. The second kappa shape index (κ2) is 7.32. The molecule has 0 spiro atoms. The van der Waals surface area contributed by atoms with Gasteiger partial charge in [0.15, 0.2) is 0 Å². The summed E-state index contributed by atoms with van der Waals surface area (Å²) in [4.78, 5) is 18.2. The smallest absolute Gasteiger partial charge is 0.223 e. The standard InChI is InChI=1S/C19H24N2O3S/c1-14-12-23-13-15-11-20(8-9-21(14)15)19(22)7-5-16-4-6-17(24-16)18-3-2-10-25-18/h2-4,6,10,14-15H,5,7-9,11-13H2,1H3/t14-,15+/m0/s1. The van der Waals surface area contributed by atoms with Crippen LogP contribution in [0.1, 0.15) is 19.1 Å². The molecular weight excluding hydrogens is 336 g/mol. The average molecular weight is 360 g/mol. The molecule has 0 bridgehead atoms. The van der Waals surface area contributed by atoms with E-state index in [9.17, 15) is 4.79 Å². The lowest BCUT2D eigenvalue weighted by atomic mass is 10.1. The van der Waals surface area contributed by atoms with Gasteiger partial charge in [0.05, 0.1) is 24.1 Å². The Morgan fingerprint density at radius 1 is 1.28 bits per heavy atom. The van der Waals surface area contributed by atoms with Crippen molar-refractivity contribution in [2.45, 2.75) is 31.8 Å². The molecule has 0 aliphatic carbocycles. The lowest BCUT2D eigenvalue weighted by Crippen LogP contribution is -2.62. The van der Waals surface area contributed by atoms with E-state index in [1.54, 1.807) is 11.3 Å². The van der Waals surface area contributed by atoms with Crippen molar-refractivity contribution in [3.05, 3.63) is 35.4 Å². The summed E-state index contributed by atoms with van der Waals surface area (Å²) in [6.45, 7) is 6.28. The zero-order chi connectivity index (χ0) is 17.2. The minimum absolute atomic E-state index is 0.215. The monoisotopic (exact) mass is 360 g/mol. The number of rotatable bonds is 4. The van der Waals surface area contributed by atoms with Crippen molar-refractivity contribution in [3.8, 4) is 10.6 Å². The fourth-order valence-electron chi connectivity index (χ4n) is 3.75. The van der Waals surface area contributed by atoms with Crippen molar-refractivity contribution in [3.63, 3.8) is 0 Å². The molecule has 25 heavy (non-hydrogen) atoms. The van der Waals surface area contributed by atoms with Crippen LogP contribution in [0.15, 0.2) is 34.1 Å². The van der Waals surface area contributed by atoms with Crippen LogP contribution in [0.25, 0.3) is 10.6 Å². The third-order valence-electron chi connectivity index (χ3n) is 5.13. The van der Waals surface area contributed by atoms with E-state index in [1.807, 2.05) is 34.5 Å². The van der Waals surface area contributed by atoms with Crippen molar-refractivity contribution in [2.75, 3.05) is 32.8 Å². The van der Waals surface area contributed by atoms with Crippen LogP contribution in [0, 0.1) is 0 Å². The highest BCUT2D eigenvalue weighted by Gasteiger charge is 2.34. The van der Waals surface area contributed by atoms with E-state index < -0.39 is 0 Å². The van der Waals surface area contributed by atoms with Crippen molar-refractivity contribution < 1.29 is 13.9 Å². The first-order valence-electron chi connectivity index (χ1n) is 8.94. The lowest BCUT2D eigenvalue weighted by Gasteiger charge is -2.47. The molecule has 0 N–H and O–H groups in total. The van der Waals surface area contributed by atoms with Crippen molar-refractivity contribution >= 4 is 17.2 Å². The first-order valence-corrected chi connectivity index (χ1v) is 9.82. The highest BCUT2D eigenvalue weighted by Crippen LogP contribution is 2.27. The summed E-state index contributed by atoms with van der Waals surface area (Å²) in [5, 5.41) is 2.04. The Morgan fingerprint density at radius 3 is 3.04 bits per heavy atom. The second-order valence-electron chi connectivity index (χ2n) is 6.86. The van der Waals surface area contributed by atoms with Crippen molar-refractivity contribution in [2.24, 2.45) is 0 Å². The van der Waals surface area contributed by atoms with Crippen LogP contribution in [-0.4, -0.2) is 60.6 Å². The molecule has 4 heterocycles. The molecular formula is C19H24N2O3S. The number of thiophene rings is 1. The Kier molecular flexibility index (Phi) is 4.92. The molecule has 6 heteroatoms. The average Bonchev–Trinajstić information content (AvgIpc) is 3.31. The molecule has 4 rings (SSSR count). The maximum atomic E-state index is 12.6. The van der Waals surface area contributed by atoms with Gasteiger partial charge in [0.2, 0.25) is 5.91 Å². The normalized spacial score (nSPS) is 24.3. The maximum absolute atomic E-state index is 12.6. The SMILES string of the molecule is C[C@H]1COC[C@H]2CN(C(=O)CCc3ccc(-c4cccs4)o3)CCN21. The molecule has 2 aliphatic rings. The topological polar surface area (TPSA) is 45.9 Å². The van der Waals surface area contributed by atoms with E-state index in [4.69, 9.17) is 9.15 Å². The summed E-state index contributed by atoms with van der Waals surface area (Å²) < 4.78 is 11.5. The number of fused-ring (bicyclic) bond motifs is 1. The molecule has 5 nitrogen and oxygen atoms in total. The van der Waals surface area contributed by atoms with Crippen molar-refractivity contribution in [1.82, 2.24) is 9.80 Å². The third-order valence-corrected chi connectivity index (χ3v) is 6.01. The summed E-state index contributed by atoms with van der Waals surface area (Å²) >= 11 is 1.66. The molecule has 2 aliphatic heterocycles. The molecule has 0 saturated carbocycles. The van der Waals surface area contributed by atoms with Crippen LogP contribution >= 0.6 is 11.3 Å². The number of furan rings is 1. The molecule has 1 amide bonds. The van der Waals surface area contributed by atoms with Crippen LogP contribution < -0.4 is 0 Å². The van der Waals surface area contributed by atoms with Gasteiger partial charge in [0.25, 0.3) is 0 Å². The summed E-state index contributed by atoms with van der Waals surface area (Å²) in [5.41, 5.74) is 0. The fourth-order valence-corrected chi connectivity index (χ4v) is 4.43. The number of ether oxygens (including phenoxy) is 1. The Bertz CT molecular complexity index is 712. The molecule has 134 valence electrons. The fraction of sp³-hybridized carbons (Fsp3) is 0.526. The molecule has 2 atom stereocenters. The van der Waals surface area contributed by atoms with Crippen LogP contribution in [-0.2, 0) is 16.0 Å². The molecule has 2 aromatic heterocycles. The number of carbonyl (C=O) groups is 1. The number of nitrogens with zero attached hydrogens (tertiary/aromatic N) is 2. The Labute approximate surface area is 152 Å². The number of hydrogen-bond acceptors (Lipinski definition) is 5. The van der Waals surface area contributed by atoms with Gasteiger partial charge in [0.1, 0.15) is 11.5 Å². The minimum atomic E-state index is 0.215. The van der Waals surface area contributed by atoms with E-state index in [2.05, 4.69) is 11.8 Å². The molecule has 2 saturated heterocycles. The zero-order valence-corrected chi connectivity index (χ0v) is 15.3. The summed E-state index contributed by atoms with van der Waals surface area (Å²) in [6, 6.07) is 8.83. The third kappa shape index (κ3) is 3.66. The number of carbonyl (C=O) groups excluding carboxylic acids is 1. The van der Waals surface area contributed by atoms with Gasteiger partial charge in [-0.05, 0) is 30.5 Å². The lowest BCUT2D eigenvalue weighted by molar-refractivity contribution is -0.139. The summed E-state index contributed by atoms with van der Waals surface area (Å²) in [7, 11) is 0. The number of morpholine rings is 1. The van der Waals surface area contributed by atoms with E-state index in [-0.39, 0.29) is 5.91 Å². The van der Waals surface area contributed by atoms with Gasteiger partial charge in [-0.15, -0.1) is 11.3 Å². The van der Waals surface area contributed by atoms with Gasteiger partial charge >= 0.3 is 0 Å². The molecule has 0 radical (unpaired) electrons. The first-order chi connectivity index (χ1) is 12.2. The van der Waals surface area contributed by atoms with E-state index in [0.717, 1.165) is 49.2 Å². The molecule has 2 aromatic rings. The largest absolute Gasteiger partial charge is 0.460 e. The van der Waals surface area contributed by atoms with Crippen molar-refractivity contribution in [1.29, 1.82) is 0 Å². The number of aryl methyl sites for hydroxylation is 1. The molecule has 2 fully saturated rings. The van der Waals surface area contributed by atoms with Gasteiger partial charge in [0, 0.05) is 38.5 Å². The maximum Gasteiger partial charge on any atom is 0.223 e. The molecule has 0 unspecified atom stereocenters. The van der Waals surface area contributed by atoms with Gasteiger partial charge in [-0.2, -0.15) is 0 Å². The van der Waals surface area contributed by atoms with Crippen LogP contribution in [0.2, 0.25) is 0 Å². The second-order valence-corrected chi connectivity index (χ2v) is 7.81. The Hall–Kier alpha value is -1.63. The van der Waals surface area contributed by atoms with E-state index in [1.165, 1.54) is 0 Å². The zero-order valence-electron chi connectivity index (χ0n) is 14.5. The summed E-state index contributed by atoms with van der Waals surface area (Å²) in [5.74, 6) is 1.98. The highest BCUT2D eigenvalue weighted by molar-refractivity contribution is 7.13.